The Morgan fingerprint density at radius 3 is 0.859 bits per heavy atom. The Bertz CT molecular complexity index is 1770. The topological polar surface area (TPSA) is 108 Å². The second-order valence-corrected chi connectivity index (χ2v) is 31.2. The van der Waals surface area contributed by atoms with Crippen molar-refractivity contribution < 1.29 is 42.9 Å². The van der Waals surface area contributed by atoms with E-state index in [0.29, 0.717) is 17.4 Å². The molecule has 0 amide bonds. The molecule has 0 aliphatic rings. The van der Waals surface area contributed by atoms with Crippen molar-refractivity contribution in [2.75, 3.05) is 47.5 Å². The fourth-order valence-electron chi connectivity index (χ4n) is 13.5. The molecule has 9 heteroatoms. The molecule has 0 spiro atoms. The molecule has 0 radical (unpaired) electrons. The molecule has 582 valence electrons. The Morgan fingerprint density at radius 2 is 0.576 bits per heavy atom. The van der Waals surface area contributed by atoms with Crippen LogP contribution < -0.4 is 0 Å². The van der Waals surface area contributed by atoms with Crippen molar-refractivity contribution in [2.45, 2.75) is 463 Å². The summed E-state index contributed by atoms with van der Waals surface area (Å²) in [5.74, 6) is -1.97. The van der Waals surface area contributed by atoms with Crippen LogP contribution in [0.25, 0.3) is 0 Å². The van der Waals surface area contributed by atoms with Crippen LogP contribution in [0.15, 0.2) is 48.6 Å². The summed E-state index contributed by atoms with van der Waals surface area (Å²) in [5, 5.41) is 9.79. The number of unbranched alkanes of at least 4 members (excludes halogenated alkanes) is 60. The van der Waals surface area contributed by atoms with Gasteiger partial charge in [0.05, 0.1) is 34.4 Å². The third-order valence-electron chi connectivity index (χ3n) is 20.1. The molecule has 0 heterocycles. The van der Waals surface area contributed by atoms with E-state index in [-0.39, 0.29) is 38.2 Å². The minimum atomic E-state index is -1.51. The van der Waals surface area contributed by atoms with Crippen LogP contribution in [0, 0.1) is 0 Å². The van der Waals surface area contributed by atoms with E-state index in [1.807, 2.05) is 21.1 Å². The maximum absolute atomic E-state index is 13.0. The minimum Gasteiger partial charge on any atom is -0.477 e. The summed E-state index contributed by atoms with van der Waals surface area (Å²) >= 11 is 0. The Balaban J connectivity index is 3.90. The number of carbonyl (C=O) groups excluding carboxylic acids is 2. The number of carbonyl (C=O) groups is 3. The molecule has 2 atom stereocenters. The van der Waals surface area contributed by atoms with Crippen LogP contribution in [0.4, 0.5) is 0 Å². The predicted molar refractivity (Wildman–Crippen MR) is 429 cm³/mol. The number of ether oxygens (including phenoxy) is 4. The van der Waals surface area contributed by atoms with E-state index >= 15 is 0 Å². The number of carboxylic acids is 1. The molecule has 0 saturated heterocycles. The van der Waals surface area contributed by atoms with Crippen molar-refractivity contribution in [3.63, 3.8) is 0 Å². The zero-order valence-corrected chi connectivity index (χ0v) is 66.9. The van der Waals surface area contributed by atoms with Gasteiger partial charge in [-0.3, -0.25) is 9.59 Å². The molecule has 0 aliphatic carbocycles. The molecule has 0 aromatic rings. The SMILES string of the molecule is CC/C=C\C/C=C\C/C=C\C/C=C\CCCCCCCCCCCCCCCCCCCCCCCCCCCCC(=O)OC(COC(=O)CCCCCCCCCCCCCCCCCCCCCCCCCCCCCCCCCCCCC)COC(OCC[N+](C)(C)C)C(=O)O. The van der Waals surface area contributed by atoms with E-state index < -0.39 is 18.4 Å². The molecule has 0 saturated carbocycles. The molecule has 9 nitrogen and oxygen atoms in total. The van der Waals surface area contributed by atoms with Crippen molar-refractivity contribution in [2.24, 2.45) is 0 Å². The highest BCUT2D eigenvalue weighted by molar-refractivity contribution is 5.71. The van der Waals surface area contributed by atoms with E-state index in [4.69, 9.17) is 18.9 Å². The summed E-state index contributed by atoms with van der Waals surface area (Å²) in [7, 11) is 6.01. The van der Waals surface area contributed by atoms with E-state index in [9.17, 15) is 19.5 Å². The highest BCUT2D eigenvalue weighted by Gasteiger charge is 2.25. The van der Waals surface area contributed by atoms with E-state index in [1.54, 1.807) is 0 Å². The summed E-state index contributed by atoms with van der Waals surface area (Å²) in [4.78, 5) is 37.8. The number of aliphatic carboxylic acids is 1. The fraction of sp³-hybridized carbons (Fsp3) is 0.878. The van der Waals surface area contributed by atoms with Gasteiger partial charge in [0.25, 0.3) is 6.29 Å². The third kappa shape index (κ3) is 82.4. The molecule has 0 rings (SSSR count). The molecule has 0 fully saturated rings. The van der Waals surface area contributed by atoms with Gasteiger partial charge in [0.1, 0.15) is 13.2 Å². The number of nitrogens with zero attached hydrogens (tertiary/aromatic N) is 1. The first-order valence-corrected chi connectivity index (χ1v) is 43.8. The number of hydrogen-bond donors (Lipinski definition) is 1. The predicted octanol–water partition coefficient (Wildman–Crippen LogP) is 28.4. The first-order valence-electron chi connectivity index (χ1n) is 43.8. The maximum atomic E-state index is 13.0. The van der Waals surface area contributed by atoms with Crippen molar-refractivity contribution in [3.05, 3.63) is 48.6 Å². The Morgan fingerprint density at radius 1 is 0.313 bits per heavy atom. The molecule has 0 aliphatic heterocycles. The lowest BCUT2D eigenvalue weighted by Gasteiger charge is -2.25. The van der Waals surface area contributed by atoms with Crippen LogP contribution in [0.3, 0.4) is 0 Å². The van der Waals surface area contributed by atoms with Gasteiger partial charge in [-0.05, 0) is 51.4 Å². The molecule has 0 aromatic carbocycles. The molecule has 1 N–H and O–H groups in total. The quantitative estimate of drug-likeness (QED) is 0.0211. The standard InChI is InChI=1S/C90H169NO8/c1-6-8-10-12-14-16-18-20-22-24-26-28-30-32-34-36-38-40-42-43-44-45-47-49-51-53-55-57-59-61-63-65-67-69-71-73-75-77-79-81-88(93)99-86(85-98-90(89(94)95)96-83-82-91(3,4)5)84-97-87(92)80-78-76-74-72-70-68-66-64-62-60-58-56-54-52-50-48-46-41-39-37-35-33-31-29-27-25-23-21-19-17-15-13-11-9-7-2/h8,10,14,16,20,22,26,28,86,90H,6-7,9,11-13,15,17-19,21,23-25,27,29-85H2,1-5H3/p+1/b10-8-,16-14-,22-20-,28-26-. The maximum Gasteiger partial charge on any atom is 0.361 e. The average molecular weight is 1390 g/mol. The van der Waals surface area contributed by atoms with Crippen LogP contribution in [0.1, 0.15) is 450 Å². The van der Waals surface area contributed by atoms with Gasteiger partial charge >= 0.3 is 17.9 Å². The number of rotatable bonds is 83. The number of hydrogen-bond acceptors (Lipinski definition) is 7. The van der Waals surface area contributed by atoms with Gasteiger partial charge < -0.3 is 28.5 Å². The van der Waals surface area contributed by atoms with Crippen LogP contribution in [-0.4, -0.2) is 87.4 Å². The zero-order chi connectivity index (χ0) is 71.8. The number of quaternary nitrogens is 1. The molecule has 2 unspecified atom stereocenters. The van der Waals surface area contributed by atoms with Crippen LogP contribution in [0.2, 0.25) is 0 Å². The first-order chi connectivity index (χ1) is 48.6. The highest BCUT2D eigenvalue weighted by atomic mass is 16.7. The van der Waals surface area contributed by atoms with Crippen molar-refractivity contribution in [1.82, 2.24) is 0 Å². The number of likely N-dealkylation sites (N-methyl/N-ethyl adjacent to an activating group) is 1. The Labute approximate surface area is 616 Å². The summed E-state index contributed by atoms with van der Waals surface area (Å²) in [6.07, 6.45) is 105. The van der Waals surface area contributed by atoms with Gasteiger partial charge in [-0.1, -0.05) is 435 Å². The first kappa shape index (κ1) is 96.2. The monoisotopic (exact) mass is 1390 g/mol. The van der Waals surface area contributed by atoms with Crippen molar-refractivity contribution >= 4 is 17.9 Å². The Hall–Kier alpha value is -2.75. The van der Waals surface area contributed by atoms with Gasteiger partial charge in [-0.2, -0.15) is 0 Å². The fourth-order valence-corrected chi connectivity index (χ4v) is 13.5. The number of carboxylic acid groups (broad SMARTS) is 1. The van der Waals surface area contributed by atoms with Gasteiger partial charge in [0.2, 0.25) is 0 Å². The lowest BCUT2D eigenvalue weighted by molar-refractivity contribution is -0.870. The third-order valence-corrected chi connectivity index (χ3v) is 20.1. The Kier molecular flexibility index (Phi) is 78.7. The zero-order valence-electron chi connectivity index (χ0n) is 66.9. The summed E-state index contributed by atoms with van der Waals surface area (Å²) in [6.45, 7) is 4.86. The van der Waals surface area contributed by atoms with Gasteiger partial charge in [-0.15, -0.1) is 0 Å². The summed E-state index contributed by atoms with van der Waals surface area (Å²) < 4.78 is 23.1. The summed E-state index contributed by atoms with van der Waals surface area (Å²) in [5.41, 5.74) is 0. The minimum absolute atomic E-state index is 0.174. The van der Waals surface area contributed by atoms with E-state index in [2.05, 4.69) is 62.5 Å². The molecular formula is C90H170NO8+. The van der Waals surface area contributed by atoms with E-state index in [1.165, 1.54) is 360 Å². The van der Waals surface area contributed by atoms with Gasteiger partial charge in [0.15, 0.2) is 6.10 Å². The summed E-state index contributed by atoms with van der Waals surface area (Å²) in [6, 6.07) is 0. The smallest absolute Gasteiger partial charge is 0.361 e. The van der Waals surface area contributed by atoms with Crippen molar-refractivity contribution in [3.8, 4) is 0 Å². The number of esters is 2. The second-order valence-electron chi connectivity index (χ2n) is 31.2. The molecule has 99 heavy (non-hydrogen) atoms. The normalized spacial score (nSPS) is 12.8. The van der Waals surface area contributed by atoms with Crippen LogP contribution in [0.5, 0.6) is 0 Å². The number of allylic oxidation sites excluding steroid dienone is 8. The molecule has 0 aromatic heterocycles. The van der Waals surface area contributed by atoms with Crippen LogP contribution in [-0.2, 0) is 33.3 Å². The van der Waals surface area contributed by atoms with Gasteiger partial charge in [-0.25, -0.2) is 4.79 Å². The lowest BCUT2D eigenvalue weighted by atomic mass is 10.0. The second kappa shape index (κ2) is 80.9. The van der Waals surface area contributed by atoms with Gasteiger partial charge in [0, 0.05) is 12.8 Å². The lowest BCUT2D eigenvalue weighted by Crippen LogP contribution is -2.40. The molecule has 0 bridgehead atoms. The average Bonchev–Trinajstić information content (AvgIpc) is 1.14. The molecular weight excluding hydrogens is 1220 g/mol. The van der Waals surface area contributed by atoms with E-state index in [0.717, 1.165) is 64.2 Å². The van der Waals surface area contributed by atoms with Crippen LogP contribution >= 0.6 is 0 Å². The van der Waals surface area contributed by atoms with Crippen molar-refractivity contribution in [1.29, 1.82) is 0 Å². The largest absolute Gasteiger partial charge is 0.477 e. The highest BCUT2D eigenvalue weighted by Crippen LogP contribution is 2.21.